The van der Waals surface area contributed by atoms with E-state index in [2.05, 4.69) is 10.1 Å². The van der Waals surface area contributed by atoms with Crippen LogP contribution in [0.1, 0.15) is 23.2 Å². The second-order valence-corrected chi connectivity index (χ2v) is 5.34. The average molecular weight is 353 g/mol. The largest absolute Gasteiger partial charge is 0.434 e. The van der Waals surface area contributed by atoms with Gasteiger partial charge in [-0.15, -0.1) is 12.4 Å². The maximum atomic E-state index is 13.2. The first-order chi connectivity index (χ1) is 10.5. The Balaban J connectivity index is 0.00000264. The molecule has 130 valence electrons. The highest BCUT2D eigenvalue weighted by Gasteiger charge is 2.26. The van der Waals surface area contributed by atoms with Crippen LogP contribution < -0.4 is 10.1 Å². The lowest BCUT2D eigenvalue weighted by Gasteiger charge is -2.33. The second-order valence-electron chi connectivity index (χ2n) is 5.34. The van der Waals surface area contributed by atoms with E-state index in [0.29, 0.717) is 19.0 Å². The number of rotatable bonds is 5. The van der Waals surface area contributed by atoms with Gasteiger partial charge < -0.3 is 15.0 Å². The first-order valence-corrected chi connectivity index (χ1v) is 7.19. The Morgan fingerprint density at radius 1 is 1.48 bits per heavy atom. The highest BCUT2D eigenvalue weighted by molar-refractivity contribution is 5.97. The van der Waals surface area contributed by atoms with Gasteiger partial charge >= 0.3 is 6.61 Å². The fourth-order valence-corrected chi connectivity index (χ4v) is 2.74. The zero-order valence-electron chi connectivity index (χ0n) is 12.7. The summed E-state index contributed by atoms with van der Waals surface area (Å²) in [5, 5.41) is 3.07. The topological polar surface area (TPSA) is 41.6 Å². The number of piperidine rings is 1. The summed E-state index contributed by atoms with van der Waals surface area (Å²) in [6.07, 6.45) is 1.86. The summed E-state index contributed by atoms with van der Waals surface area (Å²) in [4.78, 5) is 14.1. The van der Waals surface area contributed by atoms with Crippen molar-refractivity contribution < 1.29 is 22.7 Å². The number of alkyl halides is 2. The summed E-state index contributed by atoms with van der Waals surface area (Å²) in [5.74, 6) is -1.23. The van der Waals surface area contributed by atoms with Crippen LogP contribution in [0.15, 0.2) is 18.2 Å². The minimum Gasteiger partial charge on any atom is -0.434 e. The number of nitrogens with zero attached hydrogens (tertiary/aromatic N) is 1. The van der Waals surface area contributed by atoms with Crippen molar-refractivity contribution in [1.29, 1.82) is 0 Å². The predicted octanol–water partition coefficient (Wildman–Crippen LogP) is 2.92. The summed E-state index contributed by atoms with van der Waals surface area (Å²) in [6, 6.07) is 3.08. The molecule has 1 unspecified atom stereocenters. The van der Waals surface area contributed by atoms with Crippen LogP contribution in [0.4, 0.5) is 13.2 Å². The van der Waals surface area contributed by atoms with Crippen molar-refractivity contribution in [3.05, 3.63) is 29.6 Å². The Hall–Kier alpha value is -1.47. The molecule has 1 aliphatic heterocycles. The number of benzene rings is 1. The highest BCUT2D eigenvalue weighted by atomic mass is 35.5. The van der Waals surface area contributed by atoms with Gasteiger partial charge in [0.25, 0.3) is 5.91 Å². The molecule has 0 aromatic heterocycles. The second kappa shape index (κ2) is 8.98. The van der Waals surface area contributed by atoms with Gasteiger partial charge in [-0.1, -0.05) is 0 Å². The quantitative estimate of drug-likeness (QED) is 0.886. The van der Waals surface area contributed by atoms with Crippen molar-refractivity contribution >= 4 is 18.3 Å². The molecular formula is C15H20ClF3N2O2. The Kier molecular flexibility index (Phi) is 7.64. The average Bonchev–Trinajstić information content (AvgIpc) is 2.47. The van der Waals surface area contributed by atoms with Gasteiger partial charge in [0.1, 0.15) is 11.6 Å². The maximum Gasteiger partial charge on any atom is 0.387 e. The van der Waals surface area contributed by atoms with E-state index in [9.17, 15) is 18.0 Å². The normalized spacial score (nSPS) is 17.8. The van der Waals surface area contributed by atoms with Gasteiger partial charge in [0, 0.05) is 19.2 Å². The molecule has 0 spiro atoms. The Morgan fingerprint density at radius 3 is 2.87 bits per heavy atom. The zero-order chi connectivity index (χ0) is 16.1. The molecule has 0 bridgehead atoms. The fraction of sp³-hybridized carbons (Fsp3) is 0.533. The smallest absolute Gasteiger partial charge is 0.387 e. The molecule has 8 heteroatoms. The molecule has 1 fully saturated rings. The Bertz CT molecular complexity index is 529. The van der Waals surface area contributed by atoms with Crippen LogP contribution in [-0.2, 0) is 0 Å². The third-order valence-corrected chi connectivity index (χ3v) is 3.69. The molecule has 1 heterocycles. The number of nitrogens with one attached hydrogen (secondary N) is 1. The molecule has 0 saturated carbocycles. The van der Waals surface area contributed by atoms with Crippen molar-refractivity contribution in [1.82, 2.24) is 10.2 Å². The molecule has 23 heavy (non-hydrogen) atoms. The number of ether oxygens (including phenoxy) is 1. The summed E-state index contributed by atoms with van der Waals surface area (Å²) in [6.45, 7) is -1.21. The van der Waals surface area contributed by atoms with Crippen LogP contribution >= 0.6 is 12.4 Å². The number of carbonyl (C=O) groups excluding carboxylic acids is 1. The molecule has 4 nitrogen and oxygen atoms in total. The van der Waals surface area contributed by atoms with Gasteiger partial charge in [-0.2, -0.15) is 8.78 Å². The molecule has 1 atom stereocenters. The minimum atomic E-state index is -3.10. The molecule has 1 saturated heterocycles. The zero-order valence-corrected chi connectivity index (χ0v) is 13.5. The molecule has 1 aromatic rings. The molecular weight excluding hydrogens is 333 g/mol. The van der Waals surface area contributed by atoms with Crippen LogP contribution in [0.25, 0.3) is 0 Å². The number of halogens is 4. The van der Waals surface area contributed by atoms with E-state index in [0.717, 1.165) is 31.5 Å². The van der Waals surface area contributed by atoms with Crippen LogP contribution in [0.5, 0.6) is 5.75 Å². The Morgan fingerprint density at radius 2 is 2.22 bits per heavy atom. The molecule has 0 aliphatic carbocycles. The van der Waals surface area contributed by atoms with E-state index in [1.807, 2.05) is 7.05 Å². The van der Waals surface area contributed by atoms with E-state index in [1.54, 1.807) is 4.90 Å². The highest BCUT2D eigenvalue weighted by Crippen LogP contribution is 2.26. The summed E-state index contributed by atoms with van der Waals surface area (Å²) >= 11 is 0. The van der Waals surface area contributed by atoms with Crippen molar-refractivity contribution in [3.63, 3.8) is 0 Å². The molecule has 2 rings (SSSR count). The third kappa shape index (κ3) is 5.28. The number of amides is 1. The fourth-order valence-electron chi connectivity index (χ4n) is 2.74. The summed E-state index contributed by atoms with van der Waals surface area (Å²) in [7, 11) is 1.84. The van der Waals surface area contributed by atoms with E-state index in [1.165, 1.54) is 6.07 Å². The monoisotopic (exact) mass is 352 g/mol. The summed E-state index contributed by atoms with van der Waals surface area (Å²) < 4.78 is 42.3. The predicted molar refractivity (Wildman–Crippen MR) is 82.8 cm³/mol. The van der Waals surface area contributed by atoms with Crippen LogP contribution in [0, 0.1) is 11.7 Å². The number of likely N-dealkylation sites (tertiary alicyclic amines) is 1. The van der Waals surface area contributed by atoms with Crippen molar-refractivity contribution in [3.8, 4) is 5.75 Å². The third-order valence-electron chi connectivity index (χ3n) is 3.69. The SMILES string of the molecule is CNCC1CCCN(C(=O)c2ccc(F)cc2OC(F)F)C1.Cl. The van der Waals surface area contributed by atoms with E-state index >= 15 is 0 Å². The van der Waals surface area contributed by atoms with Gasteiger partial charge in [-0.05, 0) is 44.5 Å². The molecule has 0 radical (unpaired) electrons. The lowest BCUT2D eigenvalue weighted by molar-refractivity contribution is -0.0504. The van der Waals surface area contributed by atoms with E-state index in [4.69, 9.17) is 0 Å². The molecule has 1 aliphatic rings. The van der Waals surface area contributed by atoms with Crippen LogP contribution in [0.2, 0.25) is 0 Å². The van der Waals surface area contributed by atoms with Crippen molar-refractivity contribution in [2.24, 2.45) is 5.92 Å². The van der Waals surface area contributed by atoms with Crippen LogP contribution in [-0.4, -0.2) is 44.1 Å². The minimum absolute atomic E-state index is 0. The van der Waals surface area contributed by atoms with Crippen molar-refractivity contribution in [2.75, 3.05) is 26.7 Å². The van der Waals surface area contributed by atoms with Crippen molar-refractivity contribution in [2.45, 2.75) is 19.5 Å². The molecule has 1 N–H and O–H groups in total. The number of carbonyl (C=O) groups is 1. The summed E-state index contributed by atoms with van der Waals surface area (Å²) in [5.41, 5.74) is -0.0354. The van der Waals surface area contributed by atoms with Crippen LogP contribution in [0.3, 0.4) is 0 Å². The Labute approximate surface area is 139 Å². The number of hydrogen-bond donors (Lipinski definition) is 1. The van der Waals surface area contributed by atoms with Gasteiger partial charge in [0.15, 0.2) is 0 Å². The lowest BCUT2D eigenvalue weighted by atomic mass is 9.97. The van der Waals surface area contributed by atoms with E-state index in [-0.39, 0.29) is 18.0 Å². The van der Waals surface area contributed by atoms with Gasteiger partial charge in [0.2, 0.25) is 0 Å². The molecule has 1 amide bonds. The number of hydrogen-bond acceptors (Lipinski definition) is 3. The standard InChI is InChI=1S/C15H19F3N2O2.ClH/c1-19-8-10-3-2-6-20(9-10)14(21)12-5-4-11(16)7-13(12)22-15(17)18;/h4-5,7,10,15,19H,2-3,6,8-9H2,1H3;1H. The lowest BCUT2D eigenvalue weighted by Crippen LogP contribution is -2.42. The van der Waals surface area contributed by atoms with Gasteiger partial charge in [0.05, 0.1) is 5.56 Å². The van der Waals surface area contributed by atoms with E-state index < -0.39 is 24.1 Å². The first kappa shape index (κ1) is 19.6. The molecule has 1 aromatic carbocycles. The first-order valence-electron chi connectivity index (χ1n) is 7.19. The maximum absolute atomic E-state index is 13.2. The van der Waals surface area contributed by atoms with Gasteiger partial charge in [-0.3, -0.25) is 4.79 Å². The van der Waals surface area contributed by atoms with Gasteiger partial charge in [-0.25, -0.2) is 4.39 Å².